The Bertz CT molecular complexity index is 823. The molecule has 1 fully saturated rings. The second kappa shape index (κ2) is 7.06. The molecule has 4 rings (SSSR count). The first-order valence-corrected chi connectivity index (χ1v) is 8.67. The van der Waals surface area contributed by atoms with Crippen LogP contribution in [0.4, 0.5) is 5.82 Å². The maximum atomic E-state index is 5.50. The minimum atomic E-state index is 0.703. The summed E-state index contributed by atoms with van der Waals surface area (Å²) in [5, 5.41) is 8.16. The number of benzene rings is 1. The van der Waals surface area contributed by atoms with Crippen LogP contribution in [-0.2, 0) is 6.54 Å². The number of anilines is 1. The van der Waals surface area contributed by atoms with Crippen molar-refractivity contribution in [2.24, 2.45) is 0 Å². The first kappa shape index (κ1) is 15.8. The van der Waals surface area contributed by atoms with Gasteiger partial charge >= 0.3 is 0 Å². The van der Waals surface area contributed by atoms with Gasteiger partial charge in [-0.2, -0.15) is 0 Å². The molecule has 0 saturated carbocycles. The van der Waals surface area contributed by atoms with E-state index in [-0.39, 0.29) is 0 Å². The molecule has 1 aromatic carbocycles. The SMILES string of the molecule is CCOc1ccc(CN2CCN(c3nccn4cnnc34)CC2)cc1. The van der Waals surface area contributed by atoms with E-state index in [1.54, 1.807) is 12.5 Å². The molecule has 0 N–H and O–H groups in total. The Hall–Kier alpha value is -2.67. The highest BCUT2D eigenvalue weighted by Crippen LogP contribution is 2.19. The van der Waals surface area contributed by atoms with E-state index in [9.17, 15) is 0 Å². The molecule has 3 heterocycles. The Morgan fingerprint density at radius 3 is 2.64 bits per heavy atom. The Kier molecular flexibility index (Phi) is 4.47. The third-order valence-corrected chi connectivity index (χ3v) is 4.51. The zero-order chi connectivity index (χ0) is 17.1. The average molecular weight is 338 g/mol. The molecule has 0 spiro atoms. The van der Waals surface area contributed by atoms with Crippen LogP contribution >= 0.6 is 0 Å². The summed E-state index contributed by atoms with van der Waals surface area (Å²) in [6, 6.07) is 8.39. The topological polar surface area (TPSA) is 58.8 Å². The van der Waals surface area contributed by atoms with Gasteiger partial charge in [0.25, 0.3) is 0 Å². The maximum Gasteiger partial charge on any atom is 0.203 e. The number of hydrogen-bond donors (Lipinski definition) is 0. The van der Waals surface area contributed by atoms with Crippen molar-refractivity contribution >= 4 is 11.5 Å². The summed E-state index contributed by atoms with van der Waals surface area (Å²) in [5.74, 6) is 1.85. The highest BCUT2D eigenvalue weighted by Gasteiger charge is 2.20. The van der Waals surface area contributed by atoms with Crippen molar-refractivity contribution in [3.8, 4) is 5.75 Å². The van der Waals surface area contributed by atoms with Crippen LogP contribution in [-0.4, -0.2) is 57.3 Å². The van der Waals surface area contributed by atoms with Gasteiger partial charge in [-0.3, -0.25) is 9.30 Å². The predicted octanol–water partition coefficient (Wildman–Crippen LogP) is 1.85. The summed E-state index contributed by atoms with van der Waals surface area (Å²) in [7, 11) is 0. The lowest BCUT2D eigenvalue weighted by atomic mass is 10.2. The van der Waals surface area contributed by atoms with Crippen LogP contribution < -0.4 is 9.64 Å². The molecule has 1 aliphatic heterocycles. The van der Waals surface area contributed by atoms with Gasteiger partial charge < -0.3 is 9.64 Å². The largest absolute Gasteiger partial charge is 0.494 e. The molecule has 0 radical (unpaired) electrons. The van der Waals surface area contributed by atoms with Crippen molar-refractivity contribution in [1.29, 1.82) is 0 Å². The highest BCUT2D eigenvalue weighted by molar-refractivity contribution is 5.63. The molecule has 0 aliphatic carbocycles. The molecule has 25 heavy (non-hydrogen) atoms. The van der Waals surface area contributed by atoms with E-state index < -0.39 is 0 Å². The number of rotatable bonds is 5. The van der Waals surface area contributed by atoms with E-state index in [1.165, 1.54) is 5.56 Å². The predicted molar refractivity (Wildman–Crippen MR) is 95.9 cm³/mol. The van der Waals surface area contributed by atoms with Crippen molar-refractivity contribution in [3.05, 3.63) is 48.5 Å². The van der Waals surface area contributed by atoms with E-state index in [0.29, 0.717) is 6.61 Å². The maximum absolute atomic E-state index is 5.50. The summed E-state index contributed by atoms with van der Waals surface area (Å²) >= 11 is 0. The van der Waals surface area contributed by atoms with Crippen LogP contribution in [0.25, 0.3) is 5.65 Å². The lowest BCUT2D eigenvalue weighted by molar-refractivity contribution is 0.249. The quantitative estimate of drug-likeness (QED) is 0.708. The van der Waals surface area contributed by atoms with Crippen LogP contribution in [0.1, 0.15) is 12.5 Å². The fraction of sp³-hybridized carbons (Fsp3) is 0.389. The second-order valence-electron chi connectivity index (χ2n) is 6.15. The number of hydrogen-bond acceptors (Lipinski definition) is 6. The molecule has 2 aromatic heterocycles. The highest BCUT2D eigenvalue weighted by atomic mass is 16.5. The van der Waals surface area contributed by atoms with Gasteiger partial charge in [0, 0.05) is 45.1 Å². The minimum Gasteiger partial charge on any atom is -0.494 e. The summed E-state index contributed by atoms with van der Waals surface area (Å²) in [4.78, 5) is 9.27. The molecular formula is C18H22N6O. The number of aromatic nitrogens is 4. The number of nitrogens with zero attached hydrogens (tertiary/aromatic N) is 6. The normalized spacial score (nSPS) is 15.6. The van der Waals surface area contributed by atoms with E-state index in [0.717, 1.165) is 49.9 Å². The number of ether oxygens (including phenoxy) is 1. The fourth-order valence-electron chi connectivity index (χ4n) is 3.20. The average Bonchev–Trinajstić information content (AvgIpc) is 3.13. The zero-order valence-electron chi connectivity index (χ0n) is 14.4. The second-order valence-corrected chi connectivity index (χ2v) is 6.15. The molecule has 0 atom stereocenters. The lowest BCUT2D eigenvalue weighted by Crippen LogP contribution is -2.46. The molecule has 3 aromatic rings. The van der Waals surface area contributed by atoms with Crippen molar-refractivity contribution in [2.75, 3.05) is 37.7 Å². The van der Waals surface area contributed by atoms with Gasteiger partial charge in [-0.25, -0.2) is 4.98 Å². The van der Waals surface area contributed by atoms with Gasteiger partial charge in [-0.05, 0) is 24.6 Å². The van der Waals surface area contributed by atoms with Crippen molar-refractivity contribution in [2.45, 2.75) is 13.5 Å². The smallest absolute Gasteiger partial charge is 0.203 e. The van der Waals surface area contributed by atoms with Gasteiger partial charge in [0.1, 0.15) is 12.1 Å². The fourth-order valence-corrected chi connectivity index (χ4v) is 3.20. The summed E-state index contributed by atoms with van der Waals surface area (Å²) in [5.41, 5.74) is 2.14. The van der Waals surface area contributed by atoms with Crippen LogP contribution in [0.2, 0.25) is 0 Å². The molecule has 1 aliphatic rings. The zero-order valence-corrected chi connectivity index (χ0v) is 14.4. The molecule has 0 unspecified atom stereocenters. The Morgan fingerprint density at radius 2 is 1.88 bits per heavy atom. The van der Waals surface area contributed by atoms with Gasteiger partial charge in [0.2, 0.25) is 5.65 Å². The summed E-state index contributed by atoms with van der Waals surface area (Å²) in [6.07, 6.45) is 5.39. The molecule has 130 valence electrons. The number of piperazine rings is 1. The van der Waals surface area contributed by atoms with Crippen LogP contribution in [0.5, 0.6) is 5.75 Å². The van der Waals surface area contributed by atoms with Gasteiger partial charge in [0.15, 0.2) is 5.82 Å². The molecular weight excluding hydrogens is 316 g/mol. The number of fused-ring (bicyclic) bond motifs is 1. The van der Waals surface area contributed by atoms with Gasteiger partial charge in [-0.15, -0.1) is 10.2 Å². The van der Waals surface area contributed by atoms with Gasteiger partial charge in [-0.1, -0.05) is 12.1 Å². The van der Waals surface area contributed by atoms with Crippen LogP contribution in [0, 0.1) is 0 Å². The van der Waals surface area contributed by atoms with Crippen LogP contribution in [0.3, 0.4) is 0 Å². The first-order valence-electron chi connectivity index (χ1n) is 8.67. The summed E-state index contributed by atoms with van der Waals surface area (Å²) < 4.78 is 7.41. The first-order chi connectivity index (χ1) is 12.3. The summed E-state index contributed by atoms with van der Waals surface area (Å²) in [6.45, 7) is 7.56. The Labute approximate surface area is 146 Å². The standard InChI is InChI=1S/C18H22N6O/c1-2-25-16-5-3-15(4-6-16)13-22-9-11-23(12-10-22)17-18-21-20-14-24(18)8-7-19-17/h3-8,14H,2,9-13H2,1H3. The van der Waals surface area contributed by atoms with E-state index >= 15 is 0 Å². The Balaban J connectivity index is 1.37. The third kappa shape index (κ3) is 3.41. The molecule has 7 heteroatoms. The van der Waals surface area contributed by atoms with Crippen molar-refractivity contribution < 1.29 is 4.74 Å². The monoisotopic (exact) mass is 338 g/mol. The van der Waals surface area contributed by atoms with Crippen molar-refractivity contribution in [1.82, 2.24) is 24.5 Å². The minimum absolute atomic E-state index is 0.703. The van der Waals surface area contributed by atoms with E-state index in [2.05, 4.69) is 37.1 Å². The molecule has 7 nitrogen and oxygen atoms in total. The Morgan fingerprint density at radius 1 is 1.08 bits per heavy atom. The van der Waals surface area contributed by atoms with E-state index in [1.807, 2.05) is 29.7 Å². The molecule has 0 bridgehead atoms. The molecule has 0 amide bonds. The van der Waals surface area contributed by atoms with E-state index in [4.69, 9.17) is 4.74 Å². The lowest BCUT2D eigenvalue weighted by Gasteiger charge is -2.35. The van der Waals surface area contributed by atoms with Gasteiger partial charge in [0.05, 0.1) is 6.61 Å². The molecule has 1 saturated heterocycles. The van der Waals surface area contributed by atoms with Crippen LogP contribution in [0.15, 0.2) is 43.0 Å². The third-order valence-electron chi connectivity index (χ3n) is 4.51. The van der Waals surface area contributed by atoms with Crippen molar-refractivity contribution in [3.63, 3.8) is 0 Å².